The lowest BCUT2D eigenvalue weighted by Crippen LogP contribution is -2.11. The summed E-state index contributed by atoms with van der Waals surface area (Å²) in [5.74, 6) is -0.0358. The van der Waals surface area contributed by atoms with Gasteiger partial charge < -0.3 is 4.57 Å². The molecule has 2 aromatic heterocycles. The minimum Gasteiger partial charge on any atom is -0.323 e. The number of pyridine rings is 1. The van der Waals surface area contributed by atoms with E-state index in [0.29, 0.717) is 28.5 Å². The Hall–Kier alpha value is -2.54. The Labute approximate surface area is 136 Å². The number of Topliss-reactive ketones (excluding diaryl/α,β-unsaturated/α-hetero) is 1. The van der Waals surface area contributed by atoms with Gasteiger partial charge in [0.15, 0.2) is 16.8 Å². The van der Waals surface area contributed by atoms with Crippen molar-refractivity contribution in [2.45, 2.75) is 25.5 Å². The zero-order valence-corrected chi connectivity index (χ0v) is 13.6. The number of carbonyl (C=O) groups is 1. The standard InChI is InChI=1S/C16H16N4O2S/c1-3-20-8-7-17-16(20)23(22)19-14-6-4-5-12-9-13(11(2)21)10-18-15(12)14/h4-10,19H,3H2,1-2H3. The van der Waals surface area contributed by atoms with Gasteiger partial charge in [0.2, 0.25) is 5.16 Å². The molecule has 0 spiro atoms. The molecule has 0 saturated heterocycles. The maximum absolute atomic E-state index is 12.5. The summed E-state index contributed by atoms with van der Waals surface area (Å²) in [4.78, 5) is 19.9. The maximum atomic E-state index is 12.5. The molecule has 0 amide bonds. The van der Waals surface area contributed by atoms with Gasteiger partial charge in [-0.1, -0.05) is 12.1 Å². The van der Waals surface area contributed by atoms with Crippen LogP contribution in [0.1, 0.15) is 24.2 Å². The van der Waals surface area contributed by atoms with Gasteiger partial charge >= 0.3 is 0 Å². The molecule has 1 unspecified atom stereocenters. The number of para-hydroxylation sites is 1. The second-order valence-corrected chi connectivity index (χ2v) is 6.13. The molecule has 118 valence electrons. The summed E-state index contributed by atoms with van der Waals surface area (Å²) >= 11 is 0. The smallest absolute Gasteiger partial charge is 0.220 e. The van der Waals surface area contributed by atoms with Crippen molar-refractivity contribution in [1.82, 2.24) is 14.5 Å². The third kappa shape index (κ3) is 3.00. The van der Waals surface area contributed by atoms with Gasteiger partial charge in [-0.05, 0) is 26.0 Å². The molecular weight excluding hydrogens is 312 g/mol. The van der Waals surface area contributed by atoms with E-state index in [1.807, 2.05) is 23.6 Å². The van der Waals surface area contributed by atoms with Gasteiger partial charge in [-0.3, -0.25) is 14.5 Å². The summed E-state index contributed by atoms with van der Waals surface area (Å²) < 4.78 is 17.3. The Bertz CT molecular complexity index is 904. The van der Waals surface area contributed by atoms with Gasteiger partial charge in [0.05, 0.1) is 11.2 Å². The molecule has 23 heavy (non-hydrogen) atoms. The van der Waals surface area contributed by atoms with Crippen LogP contribution in [0.5, 0.6) is 0 Å². The first-order valence-electron chi connectivity index (χ1n) is 7.19. The zero-order valence-electron chi connectivity index (χ0n) is 12.8. The van der Waals surface area contributed by atoms with E-state index in [1.165, 1.54) is 13.1 Å². The van der Waals surface area contributed by atoms with Crippen LogP contribution in [0.3, 0.4) is 0 Å². The van der Waals surface area contributed by atoms with E-state index in [9.17, 15) is 9.00 Å². The van der Waals surface area contributed by atoms with Crippen molar-refractivity contribution in [3.63, 3.8) is 0 Å². The van der Waals surface area contributed by atoms with Crippen molar-refractivity contribution in [3.05, 3.63) is 48.4 Å². The fraction of sp³-hybridized carbons (Fsp3) is 0.188. The van der Waals surface area contributed by atoms with Crippen LogP contribution in [0, 0.1) is 0 Å². The number of benzene rings is 1. The van der Waals surface area contributed by atoms with Crippen molar-refractivity contribution in [2.75, 3.05) is 4.72 Å². The molecule has 0 aliphatic carbocycles. The first-order chi connectivity index (χ1) is 11.1. The average Bonchev–Trinajstić information content (AvgIpc) is 3.03. The minimum absolute atomic E-state index is 0.0358. The molecule has 1 atom stereocenters. The van der Waals surface area contributed by atoms with E-state index in [-0.39, 0.29) is 5.78 Å². The van der Waals surface area contributed by atoms with Crippen molar-refractivity contribution in [3.8, 4) is 0 Å². The third-order valence-corrected chi connectivity index (χ3v) is 4.58. The summed E-state index contributed by atoms with van der Waals surface area (Å²) in [6.07, 6.45) is 4.94. The molecule has 1 aromatic carbocycles. The predicted octanol–water partition coefficient (Wildman–Crippen LogP) is 2.79. The lowest BCUT2D eigenvalue weighted by Gasteiger charge is -2.10. The monoisotopic (exact) mass is 328 g/mol. The Morgan fingerprint density at radius 1 is 1.35 bits per heavy atom. The van der Waals surface area contributed by atoms with Gasteiger partial charge in [0.1, 0.15) is 0 Å². The Balaban J connectivity index is 1.97. The van der Waals surface area contributed by atoms with Crippen LogP contribution in [-0.4, -0.2) is 24.5 Å². The second kappa shape index (κ2) is 6.29. The van der Waals surface area contributed by atoms with Crippen LogP contribution in [0.25, 0.3) is 10.9 Å². The van der Waals surface area contributed by atoms with E-state index in [0.717, 1.165) is 5.39 Å². The summed E-state index contributed by atoms with van der Waals surface area (Å²) in [7, 11) is -1.49. The van der Waals surface area contributed by atoms with Gasteiger partial charge in [0.25, 0.3) is 0 Å². The van der Waals surface area contributed by atoms with Gasteiger partial charge in [-0.25, -0.2) is 9.19 Å². The van der Waals surface area contributed by atoms with Crippen LogP contribution in [0.4, 0.5) is 5.69 Å². The van der Waals surface area contributed by atoms with Crippen LogP contribution in [0.2, 0.25) is 0 Å². The van der Waals surface area contributed by atoms with Crippen molar-refractivity contribution in [2.24, 2.45) is 0 Å². The Morgan fingerprint density at radius 3 is 2.91 bits per heavy atom. The average molecular weight is 328 g/mol. The molecule has 3 aromatic rings. The number of ketones is 1. The van der Waals surface area contributed by atoms with Gasteiger partial charge in [-0.2, -0.15) is 0 Å². The molecule has 0 aliphatic rings. The van der Waals surface area contributed by atoms with Crippen LogP contribution in [0.15, 0.2) is 48.0 Å². The molecule has 0 saturated carbocycles. The van der Waals surface area contributed by atoms with E-state index in [1.54, 1.807) is 24.5 Å². The number of nitrogens with zero attached hydrogens (tertiary/aromatic N) is 3. The second-order valence-electron chi connectivity index (χ2n) is 5.02. The van der Waals surface area contributed by atoms with Crippen LogP contribution >= 0.6 is 0 Å². The number of rotatable bonds is 5. The molecular formula is C16H16N4O2S. The highest BCUT2D eigenvalue weighted by Crippen LogP contribution is 2.23. The highest BCUT2D eigenvalue weighted by atomic mass is 32.2. The van der Waals surface area contributed by atoms with Crippen molar-refractivity contribution >= 4 is 33.4 Å². The summed E-state index contributed by atoms with van der Waals surface area (Å²) in [6, 6.07) is 7.29. The minimum atomic E-state index is -1.49. The highest BCUT2D eigenvalue weighted by molar-refractivity contribution is 7.86. The van der Waals surface area contributed by atoms with Crippen LogP contribution < -0.4 is 4.72 Å². The number of nitrogens with one attached hydrogen (secondary N) is 1. The van der Waals surface area contributed by atoms with Crippen LogP contribution in [-0.2, 0) is 17.5 Å². The van der Waals surface area contributed by atoms with Crippen molar-refractivity contribution in [1.29, 1.82) is 0 Å². The number of carbonyl (C=O) groups excluding carboxylic acids is 1. The topological polar surface area (TPSA) is 76.9 Å². The molecule has 0 aliphatic heterocycles. The molecule has 0 radical (unpaired) electrons. The van der Waals surface area contributed by atoms with Gasteiger partial charge in [0, 0.05) is 36.1 Å². The number of aromatic nitrogens is 3. The number of hydrogen-bond donors (Lipinski definition) is 1. The first-order valence-corrected chi connectivity index (χ1v) is 8.34. The number of aryl methyl sites for hydroxylation is 1. The highest BCUT2D eigenvalue weighted by Gasteiger charge is 2.13. The lowest BCUT2D eigenvalue weighted by atomic mass is 10.1. The lowest BCUT2D eigenvalue weighted by molar-refractivity contribution is 0.101. The Morgan fingerprint density at radius 2 is 2.17 bits per heavy atom. The van der Waals surface area contributed by atoms with Crippen molar-refractivity contribution < 1.29 is 9.00 Å². The molecule has 7 heteroatoms. The van der Waals surface area contributed by atoms with E-state index in [2.05, 4.69) is 14.7 Å². The summed E-state index contributed by atoms with van der Waals surface area (Å²) in [5, 5.41) is 1.28. The largest absolute Gasteiger partial charge is 0.323 e. The molecule has 0 fully saturated rings. The zero-order chi connectivity index (χ0) is 16.4. The Kier molecular flexibility index (Phi) is 4.20. The number of imidazole rings is 1. The number of hydrogen-bond acceptors (Lipinski definition) is 4. The molecule has 6 nitrogen and oxygen atoms in total. The fourth-order valence-electron chi connectivity index (χ4n) is 2.29. The number of anilines is 1. The molecule has 3 rings (SSSR count). The van der Waals surface area contributed by atoms with E-state index >= 15 is 0 Å². The summed E-state index contributed by atoms with van der Waals surface area (Å²) in [6.45, 7) is 4.16. The van der Waals surface area contributed by atoms with E-state index in [4.69, 9.17) is 0 Å². The fourth-order valence-corrected chi connectivity index (χ4v) is 3.31. The summed E-state index contributed by atoms with van der Waals surface area (Å²) in [5.41, 5.74) is 1.86. The predicted molar refractivity (Wildman–Crippen MR) is 89.7 cm³/mol. The normalized spacial score (nSPS) is 12.3. The number of fused-ring (bicyclic) bond motifs is 1. The quantitative estimate of drug-likeness (QED) is 0.731. The maximum Gasteiger partial charge on any atom is 0.220 e. The third-order valence-electron chi connectivity index (χ3n) is 3.50. The molecule has 0 bridgehead atoms. The molecule has 1 N–H and O–H groups in total. The molecule has 2 heterocycles. The van der Waals surface area contributed by atoms with Gasteiger partial charge in [-0.15, -0.1) is 0 Å². The SMILES string of the molecule is CCn1ccnc1S(=O)Nc1cccc2cc(C(C)=O)cnc12. The first kappa shape index (κ1) is 15.4. The van der Waals surface area contributed by atoms with E-state index < -0.39 is 11.0 Å².